The van der Waals surface area contributed by atoms with E-state index in [1.165, 1.54) is 0 Å². The number of hydrogen-bond donors (Lipinski definition) is 2. The molecule has 0 bridgehead atoms. The number of H-pyrrole nitrogens is 1. The first-order chi connectivity index (χ1) is 13.8. The quantitative estimate of drug-likeness (QED) is 0.503. The number of carbonyl (C=O) groups is 1. The van der Waals surface area contributed by atoms with Crippen LogP contribution in [0.1, 0.15) is 5.56 Å². The minimum atomic E-state index is -0.0569. The van der Waals surface area contributed by atoms with E-state index in [0.717, 1.165) is 33.4 Å². The Hall–Kier alpha value is -3.93. The van der Waals surface area contributed by atoms with E-state index in [2.05, 4.69) is 20.3 Å². The molecule has 0 saturated heterocycles. The number of carbonyl (C=O) groups excluding carboxylic acids is 1. The Kier molecular flexibility index (Phi) is 3.87. The molecule has 2 aromatic carbocycles. The Bertz CT molecular complexity index is 1270. The largest absolute Gasteiger partial charge is 0.361 e. The lowest BCUT2D eigenvalue weighted by atomic mass is 10.1. The lowest BCUT2D eigenvalue weighted by Gasteiger charge is -2.06. The maximum absolute atomic E-state index is 12.6. The van der Waals surface area contributed by atoms with Crippen LogP contribution in [0.2, 0.25) is 0 Å². The van der Waals surface area contributed by atoms with Crippen molar-refractivity contribution in [3.8, 4) is 11.3 Å². The third-order valence-electron chi connectivity index (χ3n) is 4.70. The van der Waals surface area contributed by atoms with Gasteiger partial charge in [0.15, 0.2) is 0 Å². The van der Waals surface area contributed by atoms with Crippen molar-refractivity contribution in [1.82, 2.24) is 19.4 Å². The molecule has 3 aromatic heterocycles. The summed E-state index contributed by atoms with van der Waals surface area (Å²) in [5, 5.41) is 4.06. The van der Waals surface area contributed by atoms with Crippen LogP contribution in [0.3, 0.4) is 0 Å². The highest BCUT2D eigenvalue weighted by molar-refractivity contribution is 5.96. The SMILES string of the molecule is O=C(Cc1c[nH]c2ccccc12)Nc1cccc(-c2cn3cccnc3n2)c1. The summed E-state index contributed by atoms with van der Waals surface area (Å²) in [6, 6.07) is 17.5. The van der Waals surface area contributed by atoms with Gasteiger partial charge in [-0.25, -0.2) is 9.97 Å². The molecule has 3 heterocycles. The lowest BCUT2D eigenvalue weighted by Crippen LogP contribution is -2.14. The summed E-state index contributed by atoms with van der Waals surface area (Å²) in [4.78, 5) is 24.5. The number of para-hydroxylation sites is 1. The van der Waals surface area contributed by atoms with Gasteiger partial charge in [0.25, 0.3) is 0 Å². The molecule has 28 heavy (non-hydrogen) atoms. The number of amides is 1. The number of nitrogens with zero attached hydrogens (tertiary/aromatic N) is 3. The van der Waals surface area contributed by atoms with Gasteiger partial charge < -0.3 is 10.3 Å². The van der Waals surface area contributed by atoms with Crippen LogP contribution in [-0.2, 0) is 11.2 Å². The molecular formula is C22H17N5O. The zero-order chi connectivity index (χ0) is 18.9. The molecule has 0 spiro atoms. The minimum Gasteiger partial charge on any atom is -0.361 e. The van der Waals surface area contributed by atoms with E-state index in [9.17, 15) is 4.79 Å². The topological polar surface area (TPSA) is 75.1 Å². The molecule has 136 valence electrons. The molecular weight excluding hydrogens is 350 g/mol. The fraction of sp³-hybridized carbons (Fsp3) is 0.0455. The predicted octanol–water partition coefficient (Wildman–Crippen LogP) is 4.06. The second-order valence-electron chi connectivity index (χ2n) is 6.62. The summed E-state index contributed by atoms with van der Waals surface area (Å²) in [5.41, 5.74) is 4.50. The molecule has 0 radical (unpaired) electrons. The van der Waals surface area contributed by atoms with Crippen molar-refractivity contribution in [2.24, 2.45) is 0 Å². The maximum Gasteiger partial charge on any atom is 0.234 e. The zero-order valence-electron chi connectivity index (χ0n) is 15.0. The number of nitrogens with one attached hydrogen (secondary N) is 2. The highest BCUT2D eigenvalue weighted by atomic mass is 16.1. The number of hydrogen-bond acceptors (Lipinski definition) is 3. The van der Waals surface area contributed by atoms with Crippen molar-refractivity contribution in [2.75, 3.05) is 5.32 Å². The Labute approximate surface area is 160 Å². The molecule has 0 aliphatic heterocycles. The van der Waals surface area contributed by atoms with E-state index in [4.69, 9.17) is 0 Å². The third kappa shape index (κ3) is 3.01. The van der Waals surface area contributed by atoms with Crippen LogP contribution >= 0.6 is 0 Å². The Morgan fingerprint density at radius 1 is 1.11 bits per heavy atom. The molecule has 5 aromatic rings. The van der Waals surface area contributed by atoms with E-state index in [1.54, 1.807) is 6.20 Å². The fourth-order valence-electron chi connectivity index (χ4n) is 3.38. The van der Waals surface area contributed by atoms with E-state index in [1.807, 2.05) is 77.6 Å². The van der Waals surface area contributed by atoms with Crippen molar-refractivity contribution >= 4 is 28.3 Å². The van der Waals surface area contributed by atoms with Gasteiger partial charge in [0, 0.05) is 46.9 Å². The lowest BCUT2D eigenvalue weighted by molar-refractivity contribution is -0.115. The summed E-state index contributed by atoms with van der Waals surface area (Å²) < 4.78 is 1.87. The molecule has 5 rings (SSSR count). The van der Waals surface area contributed by atoms with Crippen molar-refractivity contribution in [3.05, 3.63) is 84.9 Å². The number of fused-ring (bicyclic) bond motifs is 2. The van der Waals surface area contributed by atoms with Crippen molar-refractivity contribution < 1.29 is 4.79 Å². The van der Waals surface area contributed by atoms with Crippen molar-refractivity contribution in [3.63, 3.8) is 0 Å². The smallest absolute Gasteiger partial charge is 0.234 e. The third-order valence-corrected chi connectivity index (χ3v) is 4.70. The molecule has 1 amide bonds. The van der Waals surface area contributed by atoms with Crippen LogP contribution in [0.5, 0.6) is 0 Å². The van der Waals surface area contributed by atoms with E-state index in [0.29, 0.717) is 12.2 Å². The number of aromatic nitrogens is 4. The Balaban J connectivity index is 1.37. The highest BCUT2D eigenvalue weighted by Gasteiger charge is 2.10. The average Bonchev–Trinajstić information content (AvgIpc) is 3.33. The summed E-state index contributed by atoms with van der Waals surface area (Å²) in [5.74, 6) is 0.588. The average molecular weight is 367 g/mol. The van der Waals surface area contributed by atoms with E-state index < -0.39 is 0 Å². The molecule has 0 unspecified atom stereocenters. The molecule has 2 N–H and O–H groups in total. The predicted molar refractivity (Wildman–Crippen MR) is 109 cm³/mol. The van der Waals surface area contributed by atoms with Crippen LogP contribution in [0.25, 0.3) is 27.9 Å². The second-order valence-corrected chi connectivity index (χ2v) is 6.62. The molecule has 0 fully saturated rings. The molecule has 6 heteroatoms. The number of benzene rings is 2. The summed E-state index contributed by atoms with van der Waals surface area (Å²) in [6.07, 6.45) is 7.76. The number of rotatable bonds is 4. The molecule has 6 nitrogen and oxygen atoms in total. The van der Waals surface area contributed by atoms with Crippen molar-refractivity contribution in [2.45, 2.75) is 6.42 Å². The fourth-order valence-corrected chi connectivity index (χ4v) is 3.38. The minimum absolute atomic E-state index is 0.0569. The van der Waals surface area contributed by atoms with Gasteiger partial charge in [0.2, 0.25) is 11.7 Å². The Morgan fingerprint density at radius 2 is 2.04 bits per heavy atom. The van der Waals surface area contributed by atoms with Gasteiger partial charge in [0.1, 0.15) is 0 Å². The second kappa shape index (κ2) is 6.66. The first kappa shape index (κ1) is 16.3. The molecule has 0 atom stereocenters. The van der Waals surface area contributed by atoms with Gasteiger partial charge >= 0.3 is 0 Å². The summed E-state index contributed by atoms with van der Waals surface area (Å²) in [7, 11) is 0. The normalized spacial score (nSPS) is 11.1. The van der Waals surface area contributed by atoms with Gasteiger partial charge in [-0.3, -0.25) is 9.20 Å². The molecule has 0 saturated carbocycles. The van der Waals surface area contributed by atoms with Crippen LogP contribution < -0.4 is 5.32 Å². The van der Waals surface area contributed by atoms with Gasteiger partial charge in [-0.2, -0.15) is 0 Å². The number of aromatic amines is 1. The Morgan fingerprint density at radius 3 is 2.96 bits per heavy atom. The maximum atomic E-state index is 12.6. The van der Waals surface area contributed by atoms with Crippen LogP contribution in [0, 0.1) is 0 Å². The molecule has 0 aliphatic carbocycles. The van der Waals surface area contributed by atoms with E-state index >= 15 is 0 Å². The van der Waals surface area contributed by atoms with Crippen LogP contribution in [-0.4, -0.2) is 25.3 Å². The first-order valence-electron chi connectivity index (χ1n) is 9.01. The zero-order valence-corrected chi connectivity index (χ0v) is 15.0. The highest BCUT2D eigenvalue weighted by Crippen LogP contribution is 2.23. The summed E-state index contributed by atoms with van der Waals surface area (Å²) in [6.45, 7) is 0. The van der Waals surface area contributed by atoms with Crippen molar-refractivity contribution in [1.29, 1.82) is 0 Å². The van der Waals surface area contributed by atoms with E-state index in [-0.39, 0.29) is 5.91 Å². The monoisotopic (exact) mass is 367 g/mol. The van der Waals surface area contributed by atoms with Gasteiger partial charge in [-0.1, -0.05) is 30.3 Å². The standard InChI is InChI=1S/C22H17N5O/c28-21(12-16-13-24-19-8-2-1-7-18(16)19)25-17-6-3-5-15(11-17)20-14-27-10-4-9-23-22(27)26-20/h1-11,13-14,24H,12H2,(H,25,28). The van der Waals surface area contributed by atoms with Gasteiger partial charge in [-0.15, -0.1) is 0 Å². The number of imidazole rings is 1. The van der Waals surface area contributed by atoms with Crippen LogP contribution in [0.15, 0.2) is 79.4 Å². The molecule has 0 aliphatic rings. The first-order valence-corrected chi connectivity index (χ1v) is 9.01. The van der Waals surface area contributed by atoms with Gasteiger partial charge in [0.05, 0.1) is 12.1 Å². The van der Waals surface area contributed by atoms with Gasteiger partial charge in [-0.05, 0) is 29.8 Å². The van der Waals surface area contributed by atoms with Crippen LogP contribution in [0.4, 0.5) is 5.69 Å². The number of anilines is 1. The summed E-state index contributed by atoms with van der Waals surface area (Å²) >= 11 is 0.